The maximum absolute atomic E-state index is 4.52. The predicted molar refractivity (Wildman–Crippen MR) is 85.4 cm³/mol. The quantitative estimate of drug-likeness (QED) is 0.798. The fourth-order valence-corrected chi connectivity index (χ4v) is 2.85. The molecule has 0 unspecified atom stereocenters. The first-order chi connectivity index (χ1) is 9.74. The summed E-state index contributed by atoms with van der Waals surface area (Å²) in [6.07, 6.45) is 4.51. The molecule has 1 saturated carbocycles. The summed E-state index contributed by atoms with van der Waals surface area (Å²) in [5.41, 5.74) is 2.53. The van der Waals surface area contributed by atoms with Crippen LogP contribution in [0, 0.1) is 0 Å². The predicted octanol–water partition coefficient (Wildman–Crippen LogP) is 4.57. The van der Waals surface area contributed by atoms with E-state index in [0.29, 0.717) is 6.04 Å². The zero-order valence-electron chi connectivity index (χ0n) is 11.7. The smallest absolute Gasteiger partial charge is 0.0572 e. The molecule has 0 radical (unpaired) electrons. The number of nitrogens with zero attached hydrogens (tertiary/aromatic N) is 2. The van der Waals surface area contributed by atoms with E-state index in [1.165, 1.54) is 18.4 Å². The molecule has 0 bridgehead atoms. The zero-order valence-corrected chi connectivity index (χ0v) is 13.3. The van der Waals surface area contributed by atoms with Crippen LogP contribution < -0.4 is 0 Å². The molecule has 0 spiro atoms. The highest BCUT2D eigenvalue weighted by Crippen LogP contribution is 2.35. The summed E-state index contributed by atoms with van der Waals surface area (Å²) in [6, 6.07) is 15.9. The zero-order chi connectivity index (χ0) is 13.9. The van der Waals surface area contributed by atoms with Gasteiger partial charge in [0.1, 0.15) is 0 Å². The van der Waals surface area contributed by atoms with E-state index in [1.807, 2.05) is 12.3 Å². The van der Waals surface area contributed by atoms with E-state index in [1.54, 1.807) is 0 Å². The monoisotopic (exact) mass is 330 g/mol. The molecule has 3 rings (SSSR count). The molecular weight excluding hydrogens is 312 g/mol. The van der Waals surface area contributed by atoms with Gasteiger partial charge in [-0.15, -0.1) is 0 Å². The molecule has 104 valence electrons. The van der Waals surface area contributed by atoms with Crippen LogP contribution in [0.1, 0.15) is 37.1 Å². The van der Waals surface area contributed by atoms with Crippen molar-refractivity contribution in [1.29, 1.82) is 0 Å². The highest BCUT2D eigenvalue weighted by Gasteiger charge is 2.33. The second kappa shape index (κ2) is 6.06. The molecule has 3 heteroatoms. The Morgan fingerprint density at radius 3 is 2.55 bits per heavy atom. The highest BCUT2D eigenvalue weighted by atomic mass is 79.9. The summed E-state index contributed by atoms with van der Waals surface area (Å²) in [4.78, 5) is 7.09. The van der Waals surface area contributed by atoms with Gasteiger partial charge in [0.15, 0.2) is 0 Å². The molecule has 2 aromatic rings. The fourth-order valence-electron chi connectivity index (χ4n) is 2.58. The van der Waals surface area contributed by atoms with Gasteiger partial charge in [0.25, 0.3) is 0 Å². The van der Waals surface area contributed by atoms with Gasteiger partial charge in [0.05, 0.1) is 5.69 Å². The van der Waals surface area contributed by atoms with Crippen molar-refractivity contribution in [3.05, 3.63) is 64.4 Å². The van der Waals surface area contributed by atoms with Gasteiger partial charge < -0.3 is 0 Å². The van der Waals surface area contributed by atoms with Gasteiger partial charge >= 0.3 is 0 Å². The van der Waals surface area contributed by atoms with Crippen molar-refractivity contribution >= 4 is 15.9 Å². The summed E-state index contributed by atoms with van der Waals surface area (Å²) in [6.45, 7) is 3.26. The summed E-state index contributed by atoms with van der Waals surface area (Å²) in [7, 11) is 0. The average Bonchev–Trinajstić information content (AvgIpc) is 3.31. The van der Waals surface area contributed by atoms with Crippen LogP contribution in [-0.4, -0.2) is 15.9 Å². The largest absolute Gasteiger partial charge is 0.288 e. The minimum atomic E-state index is 0.368. The van der Waals surface area contributed by atoms with E-state index < -0.39 is 0 Å². The second-order valence-electron chi connectivity index (χ2n) is 5.46. The highest BCUT2D eigenvalue weighted by molar-refractivity contribution is 9.10. The van der Waals surface area contributed by atoms with Gasteiger partial charge in [-0.1, -0.05) is 34.1 Å². The second-order valence-corrected chi connectivity index (χ2v) is 6.38. The molecule has 0 amide bonds. The molecule has 1 aliphatic rings. The number of hydrogen-bond acceptors (Lipinski definition) is 2. The Bertz CT molecular complexity index is 549. The lowest BCUT2D eigenvalue weighted by atomic mass is 10.1. The lowest BCUT2D eigenvalue weighted by Gasteiger charge is -2.29. The number of pyridine rings is 1. The average molecular weight is 331 g/mol. The van der Waals surface area contributed by atoms with E-state index in [4.69, 9.17) is 0 Å². The number of benzene rings is 1. The number of halogens is 1. The van der Waals surface area contributed by atoms with E-state index in [0.717, 1.165) is 22.8 Å². The third-order valence-electron chi connectivity index (χ3n) is 3.91. The fraction of sp³-hybridized carbons (Fsp3) is 0.353. The molecule has 0 aliphatic heterocycles. The maximum atomic E-state index is 4.52. The van der Waals surface area contributed by atoms with Crippen LogP contribution in [0.2, 0.25) is 0 Å². The SMILES string of the molecule is C[C@H](c1ccccn1)N(Cc1ccc(Br)cc1)C1CC1. The molecule has 2 nitrogen and oxygen atoms in total. The lowest BCUT2D eigenvalue weighted by Crippen LogP contribution is -2.29. The lowest BCUT2D eigenvalue weighted by molar-refractivity contribution is 0.187. The number of rotatable bonds is 5. The van der Waals surface area contributed by atoms with Gasteiger partial charge in [-0.2, -0.15) is 0 Å². The Hall–Kier alpha value is -1.19. The van der Waals surface area contributed by atoms with Crippen LogP contribution in [-0.2, 0) is 6.54 Å². The minimum absolute atomic E-state index is 0.368. The van der Waals surface area contributed by atoms with Crippen molar-refractivity contribution < 1.29 is 0 Å². The van der Waals surface area contributed by atoms with Crippen molar-refractivity contribution in [2.45, 2.75) is 38.4 Å². The van der Waals surface area contributed by atoms with Gasteiger partial charge in [0, 0.05) is 29.3 Å². The Balaban J connectivity index is 1.77. The molecule has 0 saturated heterocycles. The van der Waals surface area contributed by atoms with Crippen LogP contribution in [0.15, 0.2) is 53.1 Å². The topological polar surface area (TPSA) is 16.1 Å². The van der Waals surface area contributed by atoms with Crippen molar-refractivity contribution in [2.24, 2.45) is 0 Å². The van der Waals surface area contributed by atoms with E-state index in [9.17, 15) is 0 Å². The first-order valence-electron chi connectivity index (χ1n) is 7.15. The standard InChI is InChI=1S/C17H19BrN2/c1-13(17-4-2-3-11-19-17)20(16-9-10-16)12-14-5-7-15(18)8-6-14/h2-8,11,13,16H,9-10,12H2,1H3/t13-/m1/s1. The molecular formula is C17H19BrN2. The molecule has 1 heterocycles. The Kier molecular flexibility index (Phi) is 4.18. The van der Waals surface area contributed by atoms with E-state index >= 15 is 0 Å². The Morgan fingerprint density at radius 2 is 1.95 bits per heavy atom. The molecule has 1 aromatic carbocycles. The number of aromatic nitrogens is 1. The molecule has 1 aromatic heterocycles. The van der Waals surface area contributed by atoms with Gasteiger partial charge in [-0.3, -0.25) is 9.88 Å². The number of hydrogen-bond donors (Lipinski definition) is 0. The van der Waals surface area contributed by atoms with E-state index in [2.05, 4.69) is 69.1 Å². The Labute approximate surface area is 129 Å². The molecule has 0 N–H and O–H groups in total. The van der Waals surface area contributed by atoms with Crippen molar-refractivity contribution in [3.63, 3.8) is 0 Å². The van der Waals surface area contributed by atoms with Crippen molar-refractivity contribution in [1.82, 2.24) is 9.88 Å². The van der Waals surface area contributed by atoms with Crippen LogP contribution in [0.5, 0.6) is 0 Å². The third-order valence-corrected chi connectivity index (χ3v) is 4.44. The minimum Gasteiger partial charge on any atom is -0.288 e. The molecule has 20 heavy (non-hydrogen) atoms. The van der Waals surface area contributed by atoms with Gasteiger partial charge in [-0.05, 0) is 49.6 Å². The van der Waals surface area contributed by atoms with Crippen LogP contribution >= 0.6 is 15.9 Å². The molecule has 1 atom stereocenters. The molecule has 1 fully saturated rings. The van der Waals surface area contributed by atoms with Crippen molar-refractivity contribution in [3.8, 4) is 0 Å². The van der Waals surface area contributed by atoms with Crippen LogP contribution in [0.3, 0.4) is 0 Å². The third kappa shape index (κ3) is 3.28. The molecule has 1 aliphatic carbocycles. The van der Waals surface area contributed by atoms with Crippen LogP contribution in [0.4, 0.5) is 0 Å². The summed E-state index contributed by atoms with van der Waals surface area (Å²) < 4.78 is 1.14. The van der Waals surface area contributed by atoms with Crippen molar-refractivity contribution in [2.75, 3.05) is 0 Å². The summed E-state index contributed by atoms with van der Waals surface area (Å²) in [5.74, 6) is 0. The summed E-state index contributed by atoms with van der Waals surface area (Å²) in [5, 5.41) is 0. The maximum Gasteiger partial charge on any atom is 0.0572 e. The van der Waals surface area contributed by atoms with E-state index in [-0.39, 0.29) is 0 Å². The van der Waals surface area contributed by atoms with Gasteiger partial charge in [-0.25, -0.2) is 0 Å². The first-order valence-corrected chi connectivity index (χ1v) is 7.94. The summed E-state index contributed by atoms with van der Waals surface area (Å²) >= 11 is 3.49. The van der Waals surface area contributed by atoms with Gasteiger partial charge in [0.2, 0.25) is 0 Å². The normalized spacial score (nSPS) is 16.4. The Morgan fingerprint density at radius 1 is 1.20 bits per heavy atom. The first kappa shape index (κ1) is 13.8. The van der Waals surface area contributed by atoms with Crippen LogP contribution in [0.25, 0.3) is 0 Å².